The molecule has 0 radical (unpaired) electrons. The maximum atomic E-state index is 5.81. The fraction of sp³-hybridized carbons (Fsp3) is 0.286. The van der Waals surface area contributed by atoms with Crippen LogP contribution in [0.3, 0.4) is 0 Å². The van der Waals surface area contributed by atoms with Crippen LogP contribution in [-0.2, 0) is 13.2 Å². The van der Waals surface area contributed by atoms with Crippen molar-refractivity contribution in [3.05, 3.63) is 52.4 Å². The first kappa shape index (κ1) is 13.0. The largest absolute Gasteiger partial charge is 0.489 e. The van der Waals surface area contributed by atoms with E-state index in [-0.39, 0.29) is 0 Å². The van der Waals surface area contributed by atoms with Crippen LogP contribution >= 0.6 is 11.6 Å². The molecule has 1 N–H and O–H groups in total. The highest BCUT2D eigenvalue weighted by atomic mass is 35.5. The maximum Gasteiger partial charge on any atom is 0.119 e. The summed E-state index contributed by atoms with van der Waals surface area (Å²) in [5.41, 5.74) is 1.07. The summed E-state index contributed by atoms with van der Waals surface area (Å²) in [6.07, 6.45) is 0. The van der Waals surface area contributed by atoms with Crippen LogP contribution in [0.1, 0.15) is 17.1 Å². The molecule has 0 saturated carbocycles. The monoisotopic (exact) mass is 265 g/mol. The smallest absolute Gasteiger partial charge is 0.119 e. The van der Waals surface area contributed by atoms with E-state index in [0.717, 1.165) is 29.4 Å². The molecule has 0 saturated heterocycles. The van der Waals surface area contributed by atoms with Crippen LogP contribution < -0.4 is 10.1 Å². The van der Waals surface area contributed by atoms with Crippen LogP contribution in [0.5, 0.6) is 5.75 Å². The summed E-state index contributed by atoms with van der Waals surface area (Å²) >= 11 is 5.81. The van der Waals surface area contributed by atoms with Crippen LogP contribution in [0.4, 0.5) is 0 Å². The van der Waals surface area contributed by atoms with Gasteiger partial charge in [-0.3, -0.25) is 0 Å². The van der Waals surface area contributed by atoms with E-state index in [1.54, 1.807) is 0 Å². The zero-order valence-corrected chi connectivity index (χ0v) is 11.3. The fourth-order valence-electron chi connectivity index (χ4n) is 1.68. The molecule has 0 spiro atoms. The number of halogens is 1. The minimum Gasteiger partial charge on any atom is -0.489 e. The molecule has 96 valence electrons. The Bertz CT molecular complexity index is 505. The van der Waals surface area contributed by atoms with Gasteiger partial charge in [0.25, 0.3) is 0 Å². The Kier molecular flexibility index (Phi) is 4.28. The van der Waals surface area contributed by atoms with Crippen LogP contribution in [0.25, 0.3) is 0 Å². The van der Waals surface area contributed by atoms with Gasteiger partial charge in [0.2, 0.25) is 0 Å². The Hall–Kier alpha value is -1.45. The second-order valence-electron chi connectivity index (χ2n) is 4.07. The molecule has 0 unspecified atom stereocenters. The van der Waals surface area contributed by atoms with E-state index >= 15 is 0 Å². The van der Waals surface area contributed by atoms with Crippen molar-refractivity contribution in [3.63, 3.8) is 0 Å². The van der Waals surface area contributed by atoms with Crippen LogP contribution in [0, 0.1) is 6.92 Å². The van der Waals surface area contributed by atoms with Gasteiger partial charge in [-0.25, -0.2) is 0 Å². The van der Waals surface area contributed by atoms with Crippen molar-refractivity contribution in [3.8, 4) is 5.75 Å². The lowest BCUT2D eigenvalue weighted by atomic mass is 10.2. The number of benzene rings is 1. The zero-order chi connectivity index (χ0) is 13.0. The molecule has 3 nitrogen and oxygen atoms in total. The standard InChI is InChI=1S/C14H16ClNO2/c1-10-11(7-14(18-10)8-16-2)9-17-13-5-3-12(15)4-6-13/h3-7,16H,8-9H2,1-2H3. The van der Waals surface area contributed by atoms with E-state index in [9.17, 15) is 0 Å². The molecule has 1 aromatic heterocycles. The topological polar surface area (TPSA) is 34.4 Å². The van der Waals surface area contributed by atoms with Crippen LogP contribution in [0.15, 0.2) is 34.7 Å². The molecule has 1 heterocycles. The van der Waals surface area contributed by atoms with Gasteiger partial charge in [-0.1, -0.05) is 11.6 Å². The lowest BCUT2D eigenvalue weighted by molar-refractivity contribution is 0.303. The van der Waals surface area contributed by atoms with Gasteiger partial charge in [-0.2, -0.15) is 0 Å². The minimum atomic E-state index is 0.501. The minimum absolute atomic E-state index is 0.501. The number of ether oxygens (including phenoxy) is 1. The van der Waals surface area contributed by atoms with Gasteiger partial charge >= 0.3 is 0 Å². The first-order chi connectivity index (χ1) is 8.69. The Morgan fingerprint density at radius 3 is 2.67 bits per heavy atom. The van der Waals surface area contributed by atoms with Crippen molar-refractivity contribution in [1.82, 2.24) is 5.32 Å². The number of aryl methyl sites for hydroxylation is 1. The molecule has 0 fully saturated rings. The van der Waals surface area contributed by atoms with Gasteiger partial charge in [-0.05, 0) is 44.3 Å². The Balaban J connectivity index is 1.99. The first-order valence-corrected chi connectivity index (χ1v) is 6.18. The van der Waals surface area contributed by atoms with E-state index in [1.807, 2.05) is 44.3 Å². The summed E-state index contributed by atoms with van der Waals surface area (Å²) in [6, 6.07) is 9.34. The lowest BCUT2D eigenvalue weighted by Crippen LogP contribution is -2.03. The summed E-state index contributed by atoms with van der Waals surface area (Å²) in [5, 5.41) is 3.76. The van der Waals surface area contributed by atoms with Crippen molar-refractivity contribution >= 4 is 11.6 Å². The molecule has 2 rings (SSSR count). The number of hydrogen-bond donors (Lipinski definition) is 1. The average molecular weight is 266 g/mol. The fourth-order valence-corrected chi connectivity index (χ4v) is 1.81. The predicted octanol–water partition coefficient (Wildman–Crippen LogP) is 3.54. The Morgan fingerprint density at radius 1 is 1.28 bits per heavy atom. The molecule has 0 atom stereocenters. The molecule has 1 aromatic carbocycles. The quantitative estimate of drug-likeness (QED) is 0.898. The van der Waals surface area contributed by atoms with Crippen LogP contribution in [0.2, 0.25) is 5.02 Å². The van der Waals surface area contributed by atoms with E-state index < -0.39 is 0 Å². The molecule has 0 aliphatic heterocycles. The number of rotatable bonds is 5. The van der Waals surface area contributed by atoms with E-state index in [1.165, 1.54) is 0 Å². The van der Waals surface area contributed by atoms with E-state index in [0.29, 0.717) is 11.6 Å². The van der Waals surface area contributed by atoms with Crippen molar-refractivity contribution < 1.29 is 9.15 Å². The van der Waals surface area contributed by atoms with Crippen LogP contribution in [-0.4, -0.2) is 7.05 Å². The van der Waals surface area contributed by atoms with Gasteiger partial charge in [-0.15, -0.1) is 0 Å². The number of hydrogen-bond acceptors (Lipinski definition) is 3. The van der Waals surface area contributed by atoms with Crippen molar-refractivity contribution in [1.29, 1.82) is 0 Å². The van der Waals surface area contributed by atoms with Gasteiger partial charge in [0, 0.05) is 10.6 Å². The molecule has 0 aliphatic carbocycles. The van der Waals surface area contributed by atoms with Gasteiger partial charge < -0.3 is 14.5 Å². The van der Waals surface area contributed by atoms with E-state index in [4.69, 9.17) is 20.8 Å². The zero-order valence-electron chi connectivity index (χ0n) is 10.5. The molecule has 4 heteroatoms. The highest BCUT2D eigenvalue weighted by molar-refractivity contribution is 6.30. The third-order valence-electron chi connectivity index (χ3n) is 2.63. The summed E-state index contributed by atoms with van der Waals surface area (Å²) in [4.78, 5) is 0. The normalized spacial score (nSPS) is 10.6. The van der Waals surface area contributed by atoms with Gasteiger partial charge in [0.15, 0.2) is 0 Å². The highest BCUT2D eigenvalue weighted by Crippen LogP contribution is 2.19. The second kappa shape index (κ2) is 5.94. The molecule has 18 heavy (non-hydrogen) atoms. The summed E-state index contributed by atoms with van der Waals surface area (Å²) in [5.74, 6) is 2.62. The molecular formula is C14H16ClNO2. The third kappa shape index (κ3) is 3.28. The molecule has 0 bridgehead atoms. The van der Waals surface area contributed by atoms with E-state index in [2.05, 4.69) is 5.32 Å². The number of furan rings is 1. The van der Waals surface area contributed by atoms with Gasteiger partial charge in [0.1, 0.15) is 23.9 Å². The summed E-state index contributed by atoms with van der Waals surface area (Å²) in [7, 11) is 1.89. The molecule has 0 aliphatic rings. The molecule has 2 aromatic rings. The van der Waals surface area contributed by atoms with Crippen molar-refractivity contribution in [2.24, 2.45) is 0 Å². The highest BCUT2D eigenvalue weighted by Gasteiger charge is 2.07. The maximum absolute atomic E-state index is 5.81. The Morgan fingerprint density at radius 2 is 2.00 bits per heavy atom. The molecular weight excluding hydrogens is 250 g/mol. The van der Waals surface area contributed by atoms with Crippen molar-refractivity contribution in [2.45, 2.75) is 20.1 Å². The lowest BCUT2D eigenvalue weighted by Gasteiger charge is -2.04. The second-order valence-corrected chi connectivity index (χ2v) is 4.50. The summed E-state index contributed by atoms with van der Waals surface area (Å²) < 4.78 is 11.3. The molecule has 0 amide bonds. The predicted molar refractivity (Wildman–Crippen MR) is 72.0 cm³/mol. The SMILES string of the molecule is CNCc1cc(COc2ccc(Cl)cc2)c(C)o1. The number of nitrogens with one attached hydrogen (secondary N) is 1. The van der Waals surface area contributed by atoms with Gasteiger partial charge in [0.05, 0.1) is 6.54 Å². The summed E-state index contributed by atoms with van der Waals surface area (Å²) in [6.45, 7) is 3.17. The third-order valence-corrected chi connectivity index (χ3v) is 2.88. The van der Waals surface area contributed by atoms with Crippen molar-refractivity contribution in [2.75, 3.05) is 7.05 Å². The first-order valence-electron chi connectivity index (χ1n) is 5.80. The Labute approximate surface area is 112 Å². The average Bonchev–Trinajstić information content (AvgIpc) is 2.70.